The number of hydrogen-bond acceptors (Lipinski definition) is 4. The molecule has 0 fully saturated rings. The predicted molar refractivity (Wildman–Crippen MR) is 101 cm³/mol. The maximum atomic E-state index is 13.2. The summed E-state index contributed by atoms with van der Waals surface area (Å²) in [6, 6.07) is 11.9. The second-order valence-electron chi connectivity index (χ2n) is 6.11. The molecule has 0 radical (unpaired) electrons. The fraction of sp³-hybridized carbons (Fsp3) is 0.143. The molecule has 0 saturated heterocycles. The average molecular weight is 366 g/mol. The van der Waals surface area contributed by atoms with Crippen LogP contribution in [0.4, 0.5) is 4.39 Å². The molecule has 0 aliphatic heterocycles. The second kappa shape index (κ2) is 7.55. The van der Waals surface area contributed by atoms with Crippen molar-refractivity contribution in [3.05, 3.63) is 87.6 Å². The number of ether oxygens (including phenoxy) is 1. The van der Waals surface area contributed by atoms with E-state index < -0.39 is 5.82 Å². The third-order valence-electron chi connectivity index (χ3n) is 4.40. The number of ketones is 1. The largest absolute Gasteiger partial charge is 0.497 e. The standard InChI is InChI=1S/C21H19FN2O3/c1-24-12-19(14(11-23)9-20(24)25)18-10-16(27-2)7-8-17(18)21(26)13-3-5-15(22)6-4-13/h3-10,12H,11,23H2,1-2H3. The number of aromatic nitrogens is 1. The highest BCUT2D eigenvalue weighted by Crippen LogP contribution is 2.31. The Morgan fingerprint density at radius 3 is 2.44 bits per heavy atom. The van der Waals surface area contributed by atoms with Crippen LogP contribution in [-0.4, -0.2) is 17.5 Å². The van der Waals surface area contributed by atoms with Crippen LogP contribution in [0.25, 0.3) is 11.1 Å². The van der Waals surface area contributed by atoms with Gasteiger partial charge in [0.15, 0.2) is 5.78 Å². The van der Waals surface area contributed by atoms with Gasteiger partial charge in [0.1, 0.15) is 11.6 Å². The van der Waals surface area contributed by atoms with Gasteiger partial charge in [0.25, 0.3) is 5.56 Å². The minimum Gasteiger partial charge on any atom is -0.497 e. The van der Waals surface area contributed by atoms with Gasteiger partial charge in [-0.05, 0) is 53.6 Å². The monoisotopic (exact) mass is 366 g/mol. The summed E-state index contributed by atoms with van der Waals surface area (Å²) in [4.78, 5) is 25.0. The van der Waals surface area contributed by atoms with Crippen molar-refractivity contribution in [2.75, 3.05) is 7.11 Å². The van der Waals surface area contributed by atoms with E-state index in [1.807, 2.05) is 0 Å². The van der Waals surface area contributed by atoms with Crippen LogP contribution in [0.1, 0.15) is 21.5 Å². The first-order valence-corrected chi connectivity index (χ1v) is 8.33. The van der Waals surface area contributed by atoms with E-state index in [1.54, 1.807) is 31.4 Å². The zero-order chi connectivity index (χ0) is 19.6. The van der Waals surface area contributed by atoms with E-state index in [0.29, 0.717) is 33.6 Å². The molecular formula is C21H19FN2O3. The van der Waals surface area contributed by atoms with Crippen LogP contribution in [0.15, 0.2) is 59.5 Å². The van der Waals surface area contributed by atoms with Crippen molar-refractivity contribution in [3.8, 4) is 16.9 Å². The molecule has 3 aromatic rings. The van der Waals surface area contributed by atoms with Crippen molar-refractivity contribution < 1.29 is 13.9 Å². The average Bonchev–Trinajstić information content (AvgIpc) is 2.69. The quantitative estimate of drug-likeness (QED) is 0.705. The Bertz CT molecular complexity index is 1060. The highest BCUT2D eigenvalue weighted by atomic mass is 19.1. The first kappa shape index (κ1) is 18.5. The Balaban J connectivity index is 2.23. The summed E-state index contributed by atoms with van der Waals surface area (Å²) in [6.45, 7) is 0.146. The Morgan fingerprint density at radius 1 is 1.11 bits per heavy atom. The van der Waals surface area contributed by atoms with Crippen molar-refractivity contribution in [3.63, 3.8) is 0 Å². The molecule has 2 aromatic carbocycles. The molecule has 0 aliphatic rings. The van der Waals surface area contributed by atoms with E-state index in [2.05, 4.69) is 0 Å². The molecule has 3 rings (SSSR count). The number of hydrogen-bond donors (Lipinski definition) is 1. The highest BCUT2D eigenvalue weighted by Gasteiger charge is 2.18. The number of pyridine rings is 1. The predicted octanol–water partition coefficient (Wildman–Crippen LogP) is 2.89. The molecule has 0 spiro atoms. The molecule has 1 aromatic heterocycles. The maximum absolute atomic E-state index is 13.2. The summed E-state index contributed by atoms with van der Waals surface area (Å²) in [5.41, 5.74) is 8.31. The number of aryl methyl sites for hydroxylation is 1. The Kier molecular flexibility index (Phi) is 5.19. The van der Waals surface area contributed by atoms with Crippen molar-refractivity contribution in [2.45, 2.75) is 6.54 Å². The van der Waals surface area contributed by atoms with Crippen LogP contribution in [0.2, 0.25) is 0 Å². The van der Waals surface area contributed by atoms with E-state index in [4.69, 9.17) is 10.5 Å². The molecule has 2 N–H and O–H groups in total. The molecule has 5 nitrogen and oxygen atoms in total. The van der Waals surface area contributed by atoms with Crippen LogP contribution in [-0.2, 0) is 13.6 Å². The van der Waals surface area contributed by atoms with Gasteiger partial charge in [-0.3, -0.25) is 9.59 Å². The minimum absolute atomic E-state index is 0.146. The van der Waals surface area contributed by atoms with Crippen LogP contribution >= 0.6 is 0 Å². The van der Waals surface area contributed by atoms with Gasteiger partial charge in [0.2, 0.25) is 0 Å². The Morgan fingerprint density at radius 2 is 1.81 bits per heavy atom. The molecule has 27 heavy (non-hydrogen) atoms. The fourth-order valence-electron chi connectivity index (χ4n) is 2.91. The van der Waals surface area contributed by atoms with E-state index in [1.165, 1.54) is 42.0 Å². The lowest BCUT2D eigenvalue weighted by molar-refractivity contribution is 0.103. The van der Waals surface area contributed by atoms with Crippen molar-refractivity contribution >= 4 is 5.78 Å². The summed E-state index contributed by atoms with van der Waals surface area (Å²) < 4.78 is 19.9. The van der Waals surface area contributed by atoms with Gasteiger partial charge in [0, 0.05) is 42.5 Å². The Hall–Kier alpha value is -3.25. The van der Waals surface area contributed by atoms with E-state index >= 15 is 0 Å². The van der Waals surface area contributed by atoms with Crippen LogP contribution in [0.3, 0.4) is 0 Å². The third kappa shape index (κ3) is 3.66. The van der Waals surface area contributed by atoms with Gasteiger partial charge in [-0.1, -0.05) is 0 Å². The summed E-state index contributed by atoms with van der Waals surface area (Å²) in [5, 5.41) is 0. The zero-order valence-corrected chi connectivity index (χ0v) is 15.0. The lowest BCUT2D eigenvalue weighted by atomic mass is 9.92. The van der Waals surface area contributed by atoms with E-state index in [0.717, 1.165) is 0 Å². The molecule has 0 atom stereocenters. The Labute approximate surface area is 155 Å². The maximum Gasteiger partial charge on any atom is 0.250 e. The number of halogens is 1. The molecule has 0 aliphatic carbocycles. The smallest absolute Gasteiger partial charge is 0.250 e. The topological polar surface area (TPSA) is 74.3 Å². The summed E-state index contributed by atoms with van der Waals surface area (Å²) >= 11 is 0. The summed E-state index contributed by atoms with van der Waals surface area (Å²) in [5.74, 6) is -0.105. The van der Waals surface area contributed by atoms with Crippen LogP contribution < -0.4 is 16.0 Å². The van der Waals surface area contributed by atoms with Crippen molar-refractivity contribution in [1.82, 2.24) is 4.57 Å². The SMILES string of the molecule is COc1ccc(C(=O)c2ccc(F)cc2)c(-c2cn(C)c(=O)cc2CN)c1. The van der Waals surface area contributed by atoms with Gasteiger partial charge in [-0.25, -0.2) is 4.39 Å². The number of nitrogens with two attached hydrogens (primary N) is 1. The molecular weight excluding hydrogens is 347 g/mol. The molecule has 6 heteroatoms. The first-order chi connectivity index (χ1) is 12.9. The van der Waals surface area contributed by atoms with Gasteiger partial charge < -0.3 is 15.0 Å². The number of carbonyl (C=O) groups is 1. The molecule has 0 saturated carbocycles. The lowest BCUT2D eigenvalue weighted by Crippen LogP contribution is -2.18. The molecule has 0 amide bonds. The highest BCUT2D eigenvalue weighted by molar-refractivity contribution is 6.13. The second-order valence-corrected chi connectivity index (χ2v) is 6.11. The van der Waals surface area contributed by atoms with Gasteiger partial charge in [0.05, 0.1) is 7.11 Å². The zero-order valence-electron chi connectivity index (χ0n) is 15.0. The van der Waals surface area contributed by atoms with Crippen LogP contribution in [0, 0.1) is 5.82 Å². The van der Waals surface area contributed by atoms with Crippen LogP contribution in [0.5, 0.6) is 5.75 Å². The molecule has 1 heterocycles. The molecule has 0 unspecified atom stereocenters. The van der Waals surface area contributed by atoms with Crippen molar-refractivity contribution in [2.24, 2.45) is 12.8 Å². The first-order valence-electron chi connectivity index (χ1n) is 8.33. The molecule has 0 bridgehead atoms. The van der Waals surface area contributed by atoms with Gasteiger partial charge in [-0.15, -0.1) is 0 Å². The number of methoxy groups -OCH3 is 1. The summed E-state index contributed by atoms with van der Waals surface area (Å²) in [7, 11) is 3.17. The van der Waals surface area contributed by atoms with Gasteiger partial charge in [-0.2, -0.15) is 0 Å². The van der Waals surface area contributed by atoms with E-state index in [-0.39, 0.29) is 17.9 Å². The number of carbonyl (C=O) groups excluding carboxylic acids is 1. The lowest BCUT2D eigenvalue weighted by Gasteiger charge is -2.15. The fourth-order valence-corrected chi connectivity index (χ4v) is 2.91. The van der Waals surface area contributed by atoms with E-state index in [9.17, 15) is 14.0 Å². The third-order valence-corrected chi connectivity index (χ3v) is 4.40. The molecule has 138 valence electrons. The van der Waals surface area contributed by atoms with Crippen molar-refractivity contribution in [1.29, 1.82) is 0 Å². The number of benzene rings is 2. The summed E-state index contributed by atoms with van der Waals surface area (Å²) in [6.07, 6.45) is 1.65. The normalized spacial score (nSPS) is 10.7. The number of nitrogens with zero attached hydrogens (tertiary/aromatic N) is 1. The number of rotatable bonds is 5. The minimum atomic E-state index is -0.412. The van der Waals surface area contributed by atoms with Gasteiger partial charge >= 0.3 is 0 Å².